The van der Waals surface area contributed by atoms with E-state index >= 15 is 4.39 Å². The first-order chi connectivity index (χ1) is 17.0. The lowest BCUT2D eigenvalue weighted by molar-refractivity contribution is -0.174. The number of aryl methyl sites for hydroxylation is 2. The van der Waals surface area contributed by atoms with Crippen molar-refractivity contribution in [2.45, 2.75) is 44.8 Å². The number of aromatic amines is 1. The van der Waals surface area contributed by atoms with E-state index in [-0.39, 0.29) is 5.11 Å². The maximum atomic E-state index is 15.2. The van der Waals surface area contributed by atoms with Crippen molar-refractivity contribution in [3.8, 4) is 6.07 Å². The summed E-state index contributed by atoms with van der Waals surface area (Å²) in [4.78, 5) is 27.1. The highest BCUT2D eigenvalue weighted by Crippen LogP contribution is 2.45. The number of alkyl halides is 3. The average molecular weight is 519 g/mol. The number of aromatic nitrogens is 3. The summed E-state index contributed by atoms with van der Waals surface area (Å²) in [5.41, 5.74) is -0.688. The van der Waals surface area contributed by atoms with Crippen LogP contribution in [-0.2, 0) is 17.6 Å². The lowest BCUT2D eigenvalue weighted by atomic mass is 9.86. The van der Waals surface area contributed by atoms with Gasteiger partial charge in [-0.25, -0.2) is 9.37 Å². The SMILES string of the molecule is CC1(C)C(=O)N(C2=C(F)C(C(F)(F)F)C(C#N)C=C2)C(=S)N1c1ccc(CCCc2ncc[nH]2)nc1. The molecule has 0 aromatic carbocycles. The van der Waals surface area contributed by atoms with Crippen molar-refractivity contribution >= 4 is 28.9 Å². The Balaban J connectivity index is 1.58. The molecule has 1 N–H and O–H groups in total. The van der Waals surface area contributed by atoms with Gasteiger partial charge in [0.05, 0.1) is 29.6 Å². The Hall–Kier alpha value is -3.59. The van der Waals surface area contributed by atoms with Crippen molar-refractivity contribution < 1.29 is 22.4 Å². The largest absolute Gasteiger partial charge is 0.399 e. The fourth-order valence-electron chi connectivity index (χ4n) is 4.36. The first kappa shape index (κ1) is 25.5. The van der Waals surface area contributed by atoms with Crippen LogP contribution in [0, 0.1) is 23.2 Å². The van der Waals surface area contributed by atoms with E-state index in [4.69, 9.17) is 17.5 Å². The number of hydrogen-bond acceptors (Lipinski definition) is 5. The van der Waals surface area contributed by atoms with E-state index in [1.165, 1.54) is 17.2 Å². The minimum absolute atomic E-state index is 0.177. The second-order valence-corrected chi connectivity index (χ2v) is 9.35. The molecule has 0 bridgehead atoms. The number of imidazole rings is 1. The molecule has 1 fully saturated rings. The van der Waals surface area contributed by atoms with E-state index in [2.05, 4.69) is 15.0 Å². The predicted octanol–water partition coefficient (Wildman–Crippen LogP) is 4.76. The van der Waals surface area contributed by atoms with Crippen molar-refractivity contribution in [2.24, 2.45) is 11.8 Å². The van der Waals surface area contributed by atoms with Gasteiger partial charge in [-0.05, 0) is 57.1 Å². The van der Waals surface area contributed by atoms with Gasteiger partial charge >= 0.3 is 6.18 Å². The van der Waals surface area contributed by atoms with Crippen molar-refractivity contribution in [3.63, 3.8) is 0 Å². The Bertz CT molecular complexity index is 1260. The molecule has 7 nitrogen and oxygen atoms in total. The molecular formula is C24H22F4N6OS. The summed E-state index contributed by atoms with van der Waals surface area (Å²) in [7, 11) is 0. The second-order valence-electron chi connectivity index (χ2n) is 8.98. The van der Waals surface area contributed by atoms with Crippen LogP contribution in [0.3, 0.4) is 0 Å². The predicted molar refractivity (Wildman–Crippen MR) is 127 cm³/mol. The Labute approximate surface area is 210 Å². The van der Waals surface area contributed by atoms with Gasteiger partial charge in [-0.15, -0.1) is 0 Å². The van der Waals surface area contributed by atoms with E-state index in [0.717, 1.165) is 41.4 Å². The highest BCUT2D eigenvalue weighted by Gasteiger charge is 2.55. The number of anilines is 1. The lowest BCUT2D eigenvalue weighted by Gasteiger charge is -2.29. The molecule has 2 aliphatic rings. The quantitative estimate of drug-likeness (QED) is 0.438. The van der Waals surface area contributed by atoms with Gasteiger partial charge in [-0.2, -0.15) is 18.4 Å². The molecular weight excluding hydrogens is 496 g/mol. The van der Waals surface area contributed by atoms with E-state index in [0.29, 0.717) is 12.1 Å². The molecule has 2 atom stereocenters. The molecule has 2 aromatic heterocycles. The number of rotatable bonds is 6. The summed E-state index contributed by atoms with van der Waals surface area (Å²) in [6, 6.07) is 4.95. The van der Waals surface area contributed by atoms with Crippen LogP contribution < -0.4 is 4.90 Å². The first-order valence-electron chi connectivity index (χ1n) is 11.1. The van der Waals surface area contributed by atoms with E-state index < -0.39 is 41.0 Å². The van der Waals surface area contributed by atoms with Crippen LogP contribution in [0.4, 0.5) is 23.2 Å². The van der Waals surface area contributed by atoms with Gasteiger partial charge in [0.15, 0.2) is 5.11 Å². The molecule has 3 heterocycles. The third-order valence-electron chi connectivity index (χ3n) is 6.22. The topological polar surface area (TPSA) is 88.9 Å². The van der Waals surface area contributed by atoms with Gasteiger partial charge in [0.1, 0.15) is 23.1 Å². The summed E-state index contributed by atoms with van der Waals surface area (Å²) < 4.78 is 55.9. The minimum atomic E-state index is -5.02. The van der Waals surface area contributed by atoms with Crippen LogP contribution in [0.5, 0.6) is 0 Å². The third kappa shape index (κ3) is 4.51. The lowest BCUT2D eigenvalue weighted by Crippen LogP contribution is -2.44. The number of H-pyrrole nitrogens is 1. The molecule has 0 saturated carbocycles. The number of amides is 1. The zero-order chi connectivity index (χ0) is 26.3. The van der Waals surface area contributed by atoms with E-state index in [1.807, 2.05) is 0 Å². The van der Waals surface area contributed by atoms with Crippen LogP contribution >= 0.6 is 12.2 Å². The molecule has 1 saturated heterocycles. The second kappa shape index (κ2) is 9.46. The number of nitriles is 1. The first-order valence-corrected chi connectivity index (χ1v) is 11.5. The van der Waals surface area contributed by atoms with Crippen LogP contribution in [0.1, 0.15) is 31.8 Å². The summed E-state index contributed by atoms with van der Waals surface area (Å²) in [6.45, 7) is 3.09. The number of pyridine rings is 1. The van der Waals surface area contributed by atoms with Gasteiger partial charge in [-0.1, -0.05) is 6.08 Å². The van der Waals surface area contributed by atoms with Gasteiger partial charge in [-0.3, -0.25) is 14.7 Å². The van der Waals surface area contributed by atoms with Crippen molar-refractivity contribution in [2.75, 3.05) is 4.90 Å². The van der Waals surface area contributed by atoms with Crippen molar-refractivity contribution in [1.82, 2.24) is 19.9 Å². The highest BCUT2D eigenvalue weighted by atomic mass is 32.1. The zero-order valence-corrected chi connectivity index (χ0v) is 20.2. The number of nitrogens with one attached hydrogen (secondary N) is 1. The van der Waals surface area contributed by atoms with Gasteiger partial charge in [0.25, 0.3) is 5.91 Å². The molecule has 0 spiro atoms. The van der Waals surface area contributed by atoms with Gasteiger partial charge in [0, 0.05) is 24.5 Å². The number of hydrogen-bond donors (Lipinski definition) is 1. The number of nitrogens with zero attached hydrogens (tertiary/aromatic N) is 5. The number of carbonyl (C=O) groups excluding carboxylic acids is 1. The molecule has 0 radical (unpaired) electrons. The molecule has 1 amide bonds. The van der Waals surface area contributed by atoms with E-state index in [9.17, 15) is 18.0 Å². The molecule has 12 heteroatoms. The smallest absolute Gasteiger partial charge is 0.349 e. The standard InChI is InChI=1S/C24H22F4N6OS/c1-23(2)21(35)33(17-9-6-14(12-29)19(20(17)25)24(26,27)28)22(36)34(23)16-8-7-15(32-13-16)4-3-5-18-30-10-11-31-18/h6-11,13-14,19H,3-5H2,1-2H3,(H,30,31). The minimum Gasteiger partial charge on any atom is -0.349 e. The summed E-state index contributed by atoms with van der Waals surface area (Å²) >= 11 is 5.45. The number of halogens is 4. The fraction of sp³-hybridized carbons (Fsp3) is 0.375. The Morgan fingerprint density at radius 1 is 1.25 bits per heavy atom. The van der Waals surface area contributed by atoms with Crippen LogP contribution in [0.2, 0.25) is 0 Å². The number of carbonyl (C=O) groups is 1. The maximum absolute atomic E-state index is 15.2. The van der Waals surface area contributed by atoms with Crippen LogP contribution in [0.25, 0.3) is 0 Å². The summed E-state index contributed by atoms with van der Waals surface area (Å²) in [5, 5.41) is 8.90. The molecule has 36 heavy (non-hydrogen) atoms. The summed E-state index contributed by atoms with van der Waals surface area (Å²) in [6.07, 6.45) is 4.15. The number of thiocarbonyl (C=S) groups is 1. The molecule has 4 rings (SSSR count). The molecule has 188 valence electrons. The molecule has 2 aromatic rings. The fourth-order valence-corrected chi connectivity index (χ4v) is 4.87. The average Bonchev–Trinajstić information content (AvgIpc) is 3.39. The molecule has 1 aliphatic carbocycles. The van der Waals surface area contributed by atoms with Crippen LogP contribution in [0.15, 0.2) is 54.4 Å². The van der Waals surface area contributed by atoms with Crippen molar-refractivity contribution in [1.29, 1.82) is 5.26 Å². The van der Waals surface area contributed by atoms with E-state index in [1.54, 1.807) is 38.4 Å². The highest BCUT2D eigenvalue weighted by molar-refractivity contribution is 7.80. The Kier molecular flexibility index (Phi) is 6.70. The summed E-state index contributed by atoms with van der Waals surface area (Å²) in [5.74, 6) is -5.86. The third-order valence-corrected chi connectivity index (χ3v) is 6.58. The normalized spacial score (nSPS) is 21.9. The van der Waals surface area contributed by atoms with Crippen molar-refractivity contribution in [3.05, 3.63) is 65.9 Å². The molecule has 1 aliphatic heterocycles. The maximum Gasteiger partial charge on any atom is 0.399 e. The van der Waals surface area contributed by atoms with Crippen LogP contribution in [-0.4, -0.2) is 42.6 Å². The Morgan fingerprint density at radius 3 is 2.58 bits per heavy atom. The zero-order valence-electron chi connectivity index (χ0n) is 19.4. The van der Waals surface area contributed by atoms with Gasteiger partial charge in [0.2, 0.25) is 0 Å². The monoisotopic (exact) mass is 518 g/mol. The Morgan fingerprint density at radius 2 is 2.00 bits per heavy atom. The molecule has 2 unspecified atom stereocenters. The number of allylic oxidation sites excluding steroid dienone is 3. The van der Waals surface area contributed by atoms with Gasteiger partial charge < -0.3 is 9.88 Å².